The number of rotatable bonds is 6. The zero-order valence-corrected chi connectivity index (χ0v) is 12.7. The van der Waals surface area contributed by atoms with Crippen LogP contribution in [-0.2, 0) is 12.8 Å². The van der Waals surface area contributed by atoms with Gasteiger partial charge in [0.2, 0.25) is 0 Å². The van der Waals surface area contributed by atoms with Crippen molar-refractivity contribution >= 4 is 34.5 Å². The van der Waals surface area contributed by atoms with Crippen LogP contribution in [0.2, 0.25) is 10.0 Å². The molecule has 1 atom stereocenters. The molecule has 2 aromatic rings. The van der Waals surface area contributed by atoms with Gasteiger partial charge in [0.25, 0.3) is 0 Å². The van der Waals surface area contributed by atoms with Crippen molar-refractivity contribution in [1.82, 2.24) is 5.43 Å². The Morgan fingerprint density at radius 1 is 1.26 bits per heavy atom. The highest BCUT2D eigenvalue weighted by molar-refractivity contribution is 7.07. The Morgan fingerprint density at radius 2 is 2.11 bits per heavy atom. The van der Waals surface area contributed by atoms with E-state index >= 15 is 0 Å². The second-order valence-corrected chi connectivity index (χ2v) is 6.10. The smallest absolute Gasteiger partial charge is 0.0453 e. The third-order valence-electron chi connectivity index (χ3n) is 3.08. The number of hydrogen-bond acceptors (Lipinski definition) is 3. The maximum Gasteiger partial charge on any atom is 0.0453 e. The molecular weight excluding hydrogens is 299 g/mol. The van der Waals surface area contributed by atoms with Crippen LogP contribution in [0.3, 0.4) is 0 Å². The molecule has 1 unspecified atom stereocenters. The fourth-order valence-corrected chi connectivity index (χ4v) is 3.16. The van der Waals surface area contributed by atoms with E-state index in [1.807, 2.05) is 12.1 Å². The third kappa shape index (κ3) is 4.48. The first-order valence-corrected chi connectivity index (χ1v) is 7.80. The van der Waals surface area contributed by atoms with Crippen LogP contribution in [0.25, 0.3) is 0 Å². The Balaban J connectivity index is 1.94. The first-order chi connectivity index (χ1) is 9.19. The molecule has 0 aliphatic carbocycles. The fraction of sp³-hybridized carbons (Fsp3) is 0.286. The van der Waals surface area contributed by atoms with Crippen LogP contribution in [0.1, 0.15) is 17.5 Å². The van der Waals surface area contributed by atoms with Crippen molar-refractivity contribution in [2.45, 2.75) is 25.3 Å². The molecule has 0 saturated heterocycles. The highest BCUT2D eigenvalue weighted by Crippen LogP contribution is 2.23. The van der Waals surface area contributed by atoms with Crippen molar-refractivity contribution in [3.05, 3.63) is 56.2 Å². The Labute approximate surface area is 127 Å². The Morgan fingerprint density at radius 3 is 2.74 bits per heavy atom. The lowest BCUT2D eigenvalue weighted by atomic mass is 10.0. The van der Waals surface area contributed by atoms with Gasteiger partial charge in [-0.1, -0.05) is 29.3 Å². The minimum absolute atomic E-state index is 0.207. The van der Waals surface area contributed by atoms with E-state index < -0.39 is 0 Å². The molecule has 0 amide bonds. The van der Waals surface area contributed by atoms with Gasteiger partial charge in [-0.3, -0.25) is 11.3 Å². The molecule has 0 bridgehead atoms. The van der Waals surface area contributed by atoms with Gasteiger partial charge in [0.05, 0.1) is 0 Å². The van der Waals surface area contributed by atoms with Crippen LogP contribution in [0, 0.1) is 0 Å². The minimum Gasteiger partial charge on any atom is -0.271 e. The predicted octanol–water partition coefficient (Wildman–Crippen LogP) is 4.06. The number of hydrazine groups is 1. The van der Waals surface area contributed by atoms with Crippen LogP contribution in [-0.4, -0.2) is 6.04 Å². The van der Waals surface area contributed by atoms with E-state index in [0.717, 1.165) is 24.8 Å². The van der Waals surface area contributed by atoms with Gasteiger partial charge in [0.1, 0.15) is 0 Å². The van der Waals surface area contributed by atoms with E-state index in [-0.39, 0.29) is 6.04 Å². The van der Waals surface area contributed by atoms with Crippen molar-refractivity contribution < 1.29 is 0 Å². The standard InChI is InChI=1S/C14H16Cl2N2S/c15-12-3-2-11(14(16)8-12)7-13(18-17)4-1-10-5-6-19-9-10/h2-3,5-6,8-9,13,18H,1,4,7,17H2. The maximum absolute atomic E-state index is 6.18. The van der Waals surface area contributed by atoms with Gasteiger partial charge in [-0.15, -0.1) is 0 Å². The topological polar surface area (TPSA) is 38.0 Å². The summed E-state index contributed by atoms with van der Waals surface area (Å²) in [5, 5.41) is 5.62. The van der Waals surface area contributed by atoms with Crippen molar-refractivity contribution in [3.63, 3.8) is 0 Å². The lowest BCUT2D eigenvalue weighted by Gasteiger charge is -2.16. The number of nitrogens with one attached hydrogen (secondary N) is 1. The van der Waals surface area contributed by atoms with Gasteiger partial charge in [-0.2, -0.15) is 11.3 Å². The Hall–Kier alpha value is -0.580. The van der Waals surface area contributed by atoms with Gasteiger partial charge in [-0.25, -0.2) is 0 Å². The van der Waals surface area contributed by atoms with Crippen molar-refractivity contribution in [2.24, 2.45) is 5.84 Å². The number of benzene rings is 1. The van der Waals surface area contributed by atoms with Gasteiger partial charge >= 0.3 is 0 Å². The van der Waals surface area contributed by atoms with E-state index in [0.29, 0.717) is 10.0 Å². The molecule has 2 rings (SSSR count). The van der Waals surface area contributed by atoms with Crippen LogP contribution in [0.15, 0.2) is 35.0 Å². The molecule has 0 saturated carbocycles. The molecular formula is C14H16Cl2N2S. The van der Waals surface area contributed by atoms with Gasteiger partial charge in [0.15, 0.2) is 0 Å². The van der Waals surface area contributed by atoms with Crippen LogP contribution in [0.5, 0.6) is 0 Å². The summed E-state index contributed by atoms with van der Waals surface area (Å²) < 4.78 is 0. The monoisotopic (exact) mass is 314 g/mol. The summed E-state index contributed by atoms with van der Waals surface area (Å²) in [5.74, 6) is 5.62. The highest BCUT2D eigenvalue weighted by atomic mass is 35.5. The van der Waals surface area contributed by atoms with E-state index in [1.165, 1.54) is 5.56 Å². The minimum atomic E-state index is 0.207. The average molecular weight is 315 g/mol. The summed E-state index contributed by atoms with van der Waals surface area (Å²) in [5.41, 5.74) is 5.29. The molecule has 1 heterocycles. The summed E-state index contributed by atoms with van der Waals surface area (Å²) in [6, 6.07) is 7.94. The number of halogens is 2. The summed E-state index contributed by atoms with van der Waals surface area (Å²) in [6.07, 6.45) is 2.80. The molecule has 102 valence electrons. The maximum atomic E-state index is 6.18. The first-order valence-electron chi connectivity index (χ1n) is 6.10. The van der Waals surface area contributed by atoms with Crippen LogP contribution in [0.4, 0.5) is 0 Å². The summed E-state index contributed by atoms with van der Waals surface area (Å²) in [6.45, 7) is 0. The lowest BCUT2D eigenvalue weighted by Crippen LogP contribution is -2.37. The number of aryl methyl sites for hydroxylation is 1. The zero-order valence-electron chi connectivity index (χ0n) is 10.4. The second-order valence-electron chi connectivity index (χ2n) is 4.47. The average Bonchev–Trinajstić information content (AvgIpc) is 2.90. The molecule has 0 fully saturated rings. The fourth-order valence-electron chi connectivity index (χ4n) is 1.97. The van der Waals surface area contributed by atoms with Crippen LogP contribution < -0.4 is 11.3 Å². The molecule has 0 spiro atoms. The molecule has 0 aliphatic heterocycles. The number of hydrogen-bond donors (Lipinski definition) is 2. The molecule has 5 heteroatoms. The molecule has 19 heavy (non-hydrogen) atoms. The second kappa shape index (κ2) is 7.27. The highest BCUT2D eigenvalue weighted by Gasteiger charge is 2.11. The number of thiophene rings is 1. The van der Waals surface area contributed by atoms with Crippen molar-refractivity contribution in [2.75, 3.05) is 0 Å². The molecule has 1 aromatic heterocycles. The zero-order chi connectivity index (χ0) is 13.7. The summed E-state index contributed by atoms with van der Waals surface area (Å²) in [4.78, 5) is 0. The van der Waals surface area contributed by atoms with E-state index in [2.05, 4.69) is 22.3 Å². The van der Waals surface area contributed by atoms with E-state index in [1.54, 1.807) is 17.4 Å². The van der Waals surface area contributed by atoms with Gasteiger partial charge in [-0.05, 0) is 59.3 Å². The third-order valence-corrected chi connectivity index (χ3v) is 4.40. The van der Waals surface area contributed by atoms with E-state index in [4.69, 9.17) is 29.0 Å². The van der Waals surface area contributed by atoms with Gasteiger partial charge < -0.3 is 0 Å². The van der Waals surface area contributed by atoms with Crippen LogP contribution >= 0.6 is 34.5 Å². The molecule has 2 nitrogen and oxygen atoms in total. The summed E-state index contributed by atoms with van der Waals surface area (Å²) >= 11 is 13.8. The van der Waals surface area contributed by atoms with Gasteiger partial charge in [0, 0.05) is 16.1 Å². The summed E-state index contributed by atoms with van der Waals surface area (Å²) in [7, 11) is 0. The lowest BCUT2D eigenvalue weighted by molar-refractivity contribution is 0.492. The number of nitrogens with two attached hydrogens (primary N) is 1. The SMILES string of the molecule is NNC(CCc1ccsc1)Cc1ccc(Cl)cc1Cl. The molecule has 1 aromatic carbocycles. The van der Waals surface area contributed by atoms with Crippen molar-refractivity contribution in [3.8, 4) is 0 Å². The normalized spacial score (nSPS) is 12.6. The molecule has 0 aliphatic rings. The largest absolute Gasteiger partial charge is 0.271 e. The first kappa shape index (κ1) is 14.8. The predicted molar refractivity (Wildman–Crippen MR) is 83.9 cm³/mol. The Kier molecular flexibility index (Phi) is 5.67. The van der Waals surface area contributed by atoms with E-state index in [9.17, 15) is 0 Å². The molecule has 3 N–H and O–H groups in total. The Bertz CT molecular complexity index is 514. The quantitative estimate of drug-likeness (QED) is 0.623. The van der Waals surface area contributed by atoms with Crippen molar-refractivity contribution in [1.29, 1.82) is 0 Å². The molecule has 0 radical (unpaired) electrons.